The Kier molecular flexibility index (Phi) is 3.70. The van der Waals surface area contributed by atoms with E-state index in [1.165, 1.54) is 11.3 Å². The van der Waals surface area contributed by atoms with Gasteiger partial charge in [0.15, 0.2) is 9.84 Å². The average molecular weight is 327 g/mol. The van der Waals surface area contributed by atoms with Gasteiger partial charge in [-0.2, -0.15) is 5.10 Å². The van der Waals surface area contributed by atoms with Crippen molar-refractivity contribution in [1.29, 1.82) is 0 Å². The third-order valence-electron chi connectivity index (χ3n) is 3.81. The van der Waals surface area contributed by atoms with Crippen molar-refractivity contribution < 1.29 is 8.42 Å². The number of anilines is 1. The molecule has 0 bridgehead atoms. The minimum atomic E-state index is -2.90. The fraction of sp³-hybridized carbons (Fsp3) is 0.583. The van der Waals surface area contributed by atoms with Crippen LogP contribution in [0.3, 0.4) is 0 Å². The number of hydrogen-bond donors (Lipinski definition) is 1. The largest absolute Gasteiger partial charge is 0.356 e. The highest BCUT2D eigenvalue weighted by Gasteiger charge is 2.31. The molecule has 0 aromatic carbocycles. The van der Waals surface area contributed by atoms with E-state index in [0.29, 0.717) is 13.0 Å². The van der Waals surface area contributed by atoms with Gasteiger partial charge in [0.1, 0.15) is 5.51 Å². The summed E-state index contributed by atoms with van der Waals surface area (Å²) >= 11 is 1.45. The van der Waals surface area contributed by atoms with Crippen LogP contribution in [0.2, 0.25) is 0 Å². The summed E-state index contributed by atoms with van der Waals surface area (Å²) in [6.45, 7) is 4.55. The van der Waals surface area contributed by atoms with Crippen molar-refractivity contribution in [3.8, 4) is 0 Å². The molecule has 2 aromatic heterocycles. The molecule has 0 amide bonds. The molecule has 1 aliphatic heterocycles. The van der Waals surface area contributed by atoms with E-state index < -0.39 is 9.84 Å². The van der Waals surface area contributed by atoms with E-state index in [9.17, 15) is 8.42 Å². The Morgan fingerprint density at radius 3 is 2.90 bits per heavy atom. The molecular weight excluding hydrogens is 310 g/mol. The molecule has 1 fully saturated rings. The monoisotopic (exact) mass is 327 g/mol. The highest BCUT2D eigenvalue weighted by molar-refractivity contribution is 7.91. The summed E-state index contributed by atoms with van der Waals surface area (Å²) in [5.41, 5.74) is 4.71. The molecule has 3 rings (SSSR count). The fourth-order valence-electron chi connectivity index (χ4n) is 2.69. The third-order valence-corrected chi connectivity index (χ3v) is 6.20. The quantitative estimate of drug-likeness (QED) is 0.911. The summed E-state index contributed by atoms with van der Waals surface area (Å²) in [6.07, 6.45) is 0.646. The predicted octanol–water partition coefficient (Wildman–Crippen LogP) is 1.32. The van der Waals surface area contributed by atoms with Crippen molar-refractivity contribution >= 4 is 26.3 Å². The van der Waals surface area contributed by atoms with E-state index in [2.05, 4.69) is 20.6 Å². The lowest BCUT2D eigenvalue weighted by molar-refractivity contribution is 0.485. The van der Waals surface area contributed by atoms with E-state index in [1.54, 1.807) is 5.51 Å². The second-order valence-corrected chi connectivity index (χ2v) is 8.31. The van der Waals surface area contributed by atoms with Crippen molar-refractivity contribution in [1.82, 2.24) is 20.0 Å². The molecule has 21 heavy (non-hydrogen) atoms. The van der Waals surface area contributed by atoms with E-state index >= 15 is 0 Å². The number of nitrogens with one attached hydrogen (secondary N) is 1. The van der Waals surface area contributed by atoms with Gasteiger partial charge in [0.2, 0.25) is 5.13 Å². The standard InChI is InChI=1S/C12H17N5O2S2/c1-8-11(5-13-12-15-14-7-20-12)9(2)17(16-8)10-3-4-21(18,19)6-10/h7,10H,3-6H2,1-2H3,(H,13,15). The lowest BCUT2D eigenvalue weighted by atomic mass is 10.2. The van der Waals surface area contributed by atoms with Crippen LogP contribution in [0.1, 0.15) is 29.4 Å². The molecule has 9 heteroatoms. The van der Waals surface area contributed by atoms with E-state index in [-0.39, 0.29) is 17.5 Å². The summed E-state index contributed by atoms with van der Waals surface area (Å²) in [5.74, 6) is 0.451. The van der Waals surface area contributed by atoms with Gasteiger partial charge in [-0.3, -0.25) is 4.68 Å². The molecule has 0 spiro atoms. The molecular formula is C12H17N5O2S2. The van der Waals surface area contributed by atoms with Crippen LogP contribution in [-0.2, 0) is 16.4 Å². The topological polar surface area (TPSA) is 89.8 Å². The van der Waals surface area contributed by atoms with Gasteiger partial charge in [0.25, 0.3) is 0 Å². The number of sulfone groups is 1. The zero-order chi connectivity index (χ0) is 15.0. The highest BCUT2D eigenvalue weighted by atomic mass is 32.2. The Hall–Kier alpha value is -1.48. The van der Waals surface area contributed by atoms with Crippen molar-refractivity contribution in [2.45, 2.75) is 32.9 Å². The number of rotatable bonds is 4. The minimum Gasteiger partial charge on any atom is -0.356 e. The summed E-state index contributed by atoms with van der Waals surface area (Å²) in [6, 6.07) is -0.0380. The second-order valence-electron chi connectivity index (χ2n) is 5.25. The number of hydrogen-bond acceptors (Lipinski definition) is 7. The first kappa shape index (κ1) is 14.5. The molecule has 0 saturated carbocycles. The Morgan fingerprint density at radius 1 is 1.48 bits per heavy atom. The number of nitrogens with zero attached hydrogens (tertiary/aromatic N) is 4. The minimum absolute atomic E-state index is 0.0380. The predicted molar refractivity (Wildman–Crippen MR) is 81.2 cm³/mol. The molecule has 114 valence electrons. The van der Waals surface area contributed by atoms with E-state index in [4.69, 9.17) is 0 Å². The van der Waals surface area contributed by atoms with Crippen LogP contribution in [0.15, 0.2) is 5.51 Å². The van der Waals surface area contributed by atoms with Crippen molar-refractivity contribution in [2.24, 2.45) is 0 Å². The smallest absolute Gasteiger partial charge is 0.205 e. The van der Waals surface area contributed by atoms with Gasteiger partial charge in [0.05, 0.1) is 23.2 Å². The maximum Gasteiger partial charge on any atom is 0.205 e. The lowest BCUT2D eigenvalue weighted by Gasteiger charge is -2.11. The highest BCUT2D eigenvalue weighted by Crippen LogP contribution is 2.27. The van der Waals surface area contributed by atoms with Crippen LogP contribution in [0.25, 0.3) is 0 Å². The van der Waals surface area contributed by atoms with Crippen molar-refractivity contribution in [2.75, 3.05) is 16.8 Å². The van der Waals surface area contributed by atoms with Crippen LogP contribution < -0.4 is 5.32 Å². The van der Waals surface area contributed by atoms with Gasteiger partial charge in [-0.05, 0) is 20.3 Å². The Balaban J connectivity index is 1.80. The van der Waals surface area contributed by atoms with Crippen LogP contribution in [-0.4, -0.2) is 39.9 Å². The van der Waals surface area contributed by atoms with E-state index in [0.717, 1.165) is 22.1 Å². The van der Waals surface area contributed by atoms with Crippen LogP contribution in [0.5, 0.6) is 0 Å². The summed E-state index contributed by atoms with van der Waals surface area (Å²) < 4.78 is 25.1. The van der Waals surface area contributed by atoms with Crippen LogP contribution in [0, 0.1) is 13.8 Å². The fourth-order valence-corrected chi connectivity index (χ4v) is 4.83. The summed E-state index contributed by atoms with van der Waals surface area (Å²) in [4.78, 5) is 0. The number of aromatic nitrogens is 4. The molecule has 3 heterocycles. The van der Waals surface area contributed by atoms with Crippen molar-refractivity contribution in [3.05, 3.63) is 22.5 Å². The maximum atomic E-state index is 11.6. The van der Waals surface area contributed by atoms with Gasteiger partial charge >= 0.3 is 0 Å². The summed E-state index contributed by atoms with van der Waals surface area (Å²) in [7, 11) is -2.90. The Labute approximate surface area is 127 Å². The first-order valence-electron chi connectivity index (χ1n) is 6.71. The van der Waals surface area contributed by atoms with Gasteiger partial charge in [0, 0.05) is 17.8 Å². The van der Waals surface area contributed by atoms with Gasteiger partial charge < -0.3 is 5.32 Å². The molecule has 1 saturated heterocycles. The van der Waals surface area contributed by atoms with Gasteiger partial charge in [-0.15, -0.1) is 10.2 Å². The van der Waals surface area contributed by atoms with Gasteiger partial charge in [-0.25, -0.2) is 8.42 Å². The molecule has 1 N–H and O–H groups in total. The van der Waals surface area contributed by atoms with Crippen LogP contribution >= 0.6 is 11.3 Å². The molecule has 1 aliphatic rings. The third kappa shape index (κ3) is 2.93. The van der Waals surface area contributed by atoms with E-state index in [1.807, 2.05) is 18.5 Å². The Bertz CT molecular complexity index is 736. The molecule has 2 aromatic rings. The molecule has 1 unspecified atom stereocenters. The second kappa shape index (κ2) is 5.38. The van der Waals surface area contributed by atoms with Crippen molar-refractivity contribution in [3.63, 3.8) is 0 Å². The maximum absolute atomic E-state index is 11.6. The first-order chi connectivity index (χ1) is 9.96. The normalized spacial score (nSPS) is 20.8. The zero-order valence-electron chi connectivity index (χ0n) is 11.9. The SMILES string of the molecule is Cc1nn(C2CCS(=O)(=O)C2)c(C)c1CNc1nncs1. The molecule has 1 atom stereocenters. The van der Waals surface area contributed by atoms with Crippen LogP contribution in [0.4, 0.5) is 5.13 Å². The summed E-state index contributed by atoms with van der Waals surface area (Å²) in [5, 5.41) is 16.2. The molecule has 0 radical (unpaired) electrons. The lowest BCUT2D eigenvalue weighted by Crippen LogP contribution is -2.14. The first-order valence-corrected chi connectivity index (χ1v) is 9.41. The molecule has 7 nitrogen and oxygen atoms in total. The molecule has 0 aliphatic carbocycles. The number of aryl methyl sites for hydroxylation is 1. The van der Waals surface area contributed by atoms with Gasteiger partial charge in [-0.1, -0.05) is 11.3 Å². The average Bonchev–Trinajstić information content (AvgIpc) is 3.10. The Morgan fingerprint density at radius 2 is 2.29 bits per heavy atom. The zero-order valence-corrected chi connectivity index (χ0v) is 13.5.